The van der Waals surface area contributed by atoms with Crippen LogP contribution in [0.1, 0.15) is 29.8 Å². The molecule has 0 radical (unpaired) electrons. The number of halogens is 2. The van der Waals surface area contributed by atoms with Crippen molar-refractivity contribution in [3.8, 4) is 28.3 Å². The number of hydrogen-bond acceptors (Lipinski definition) is 10. The lowest BCUT2D eigenvalue weighted by molar-refractivity contribution is -0.0182. The summed E-state index contributed by atoms with van der Waals surface area (Å²) in [5.41, 5.74) is 10.5. The van der Waals surface area contributed by atoms with Crippen LogP contribution < -0.4 is 27.0 Å². The van der Waals surface area contributed by atoms with Crippen LogP contribution in [0.15, 0.2) is 52.1 Å². The van der Waals surface area contributed by atoms with Crippen molar-refractivity contribution in [3.63, 3.8) is 0 Å². The van der Waals surface area contributed by atoms with Gasteiger partial charge in [-0.2, -0.15) is 0 Å². The summed E-state index contributed by atoms with van der Waals surface area (Å²) in [4.78, 5) is 39.2. The predicted molar refractivity (Wildman–Crippen MR) is 191 cm³/mol. The third-order valence-corrected chi connectivity index (χ3v) is 9.67. The zero-order valence-electron chi connectivity index (χ0n) is 27.6. The average Bonchev–Trinajstić information content (AvgIpc) is 3.58. The van der Waals surface area contributed by atoms with Gasteiger partial charge in [-0.3, -0.25) is 13.9 Å². The fourth-order valence-electron chi connectivity index (χ4n) is 6.15. The third-order valence-electron chi connectivity index (χ3n) is 8.85. The Balaban J connectivity index is 0.000000459. The molecule has 3 aromatic heterocycles. The van der Waals surface area contributed by atoms with E-state index in [9.17, 15) is 9.59 Å². The molecule has 0 saturated carbocycles. The van der Waals surface area contributed by atoms with Crippen molar-refractivity contribution in [2.75, 3.05) is 25.6 Å². The van der Waals surface area contributed by atoms with Gasteiger partial charge in [0.25, 0.3) is 5.56 Å². The Labute approximate surface area is 292 Å². The van der Waals surface area contributed by atoms with E-state index >= 15 is 0 Å². The summed E-state index contributed by atoms with van der Waals surface area (Å²) in [7, 11) is 4.62. The topological polar surface area (TPSA) is 159 Å². The van der Waals surface area contributed by atoms with Crippen molar-refractivity contribution in [2.24, 2.45) is 19.8 Å². The molecule has 1 aliphatic carbocycles. The lowest BCUT2D eigenvalue weighted by Gasteiger charge is -2.23. The van der Waals surface area contributed by atoms with E-state index in [1.165, 1.54) is 17.2 Å². The van der Waals surface area contributed by atoms with Crippen LogP contribution in [0.2, 0.25) is 10.0 Å². The number of rotatable bonds is 5. The molecule has 2 aliphatic rings. The van der Waals surface area contributed by atoms with Crippen LogP contribution in [0.25, 0.3) is 33.4 Å². The molecule has 5 aromatic rings. The van der Waals surface area contributed by atoms with Gasteiger partial charge in [0.1, 0.15) is 17.0 Å². The van der Waals surface area contributed by atoms with Crippen molar-refractivity contribution in [2.45, 2.75) is 44.8 Å². The number of aryl methyl sites for hydroxylation is 3. The van der Waals surface area contributed by atoms with Gasteiger partial charge in [-0.25, -0.2) is 19.7 Å². The standard InChI is InChI=1S/C30H26Cl2N6O3.C5H11NO2/c1-15-33-26(23-27(34-15)37(2)30(40)38(3)29(23)39)35-21-13-7-11-19(25(21)32)18-10-6-12-20(24(18)31)22-14-16-8-5-9-17(16)28(36-22)41-4;6-4-1-2-8-3-5(4)7/h6-7,10-14H,5,8-9H2,1-4H3,(H,33,34,35);4-5,7H,1-3,6H2. The molecule has 1 fully saturated rings. The molecule has 7 rings (SSSR count). The van der Waals surface area contributed by atoms with Gasteiger partial charge < -0.3 is 25.6 Å². The van der Waals surface area contributed by atoms with Crippen LogP contribution in [0.3, 0.4) is 0 Å². The molecule has 4 N–H and O–H groups in total. The van der Waals surface area contributed by atoms with E-state index in [4.69, 9.17) is 48.5 Å². The number of methoxy groups -OCH3 is 1. The number of nitrogens with two attached hydrogens (primary N) is 1. The number of aromatic nitrogens is 5. The van der Waals surface area contributed by atoms with Crippen LogP contribution in [-0.4, -0.2) is 61.7 Å². The highest BCUT2D eigenvalue weighted by Crippen LogP contribution is 2.43. The summed E-state index contributed by atoms with van der Waals surface area (Å²) in [6, 6.07) is 13.3. The second kappa shape index (κ2) is 14.3. The van der Waals surface area contributed by atoms with Crippen molar-refractivity contribution >= 4 is 45.7 Å². The zero-order valence-corrected chi connectivity index (χ0v) is 29.1. The van der Waals surface area contributed by atoms with Gasteiger partial charge >= 0.3 is 5.69 Å². The monoisotopic (exact) mass is 705 g/mol. The second-order valence-electron chi connectivity index (χ2n) is 12.1. The Kier molecular flexibility index (Phi) is 10.0. The number of aliphatic hydroxyl groups is 1. The number of fused-ring (bicyclic) bond motifs is 2. The maximum absolute atomic E-state index is 13.1. The van der Waals surface area contributed by atoms with Crippen LogP contribution in [0, 0.1) is 6.92 Å². The van der Waals surface area contributed by atoms with E-state index in [-0.39, 0.29) is 22.9 Å². The van der Waals surface area contributed by atoms with Crippen molar-refractivity contribution in [1.29, 1.82) is 0 Å². The average molecular weight is 707 g/mol. The Morgan fingerprint density at radius 3 is 2.41 bits per heavy atom. The smallest absolute Gasteiger partial charge is 0.332 e. The number of benzene rings is 2. The van der Waals surface area contributed by atoms with Gasteiger partial charge in [0, 0.05) is 49.0 Å². The molecule has 2 aromatic carbocycles. The zero-order chi connectivity index (χ0) is 35.0. The number of aliphatic hydroxyl groups excluding tert-OH is 1. The fourth-order valence-corrected chi connectivity index (χ4v) is 6.75. The van der Waals surface area contributed by atoms with Gasteiger partial charge in [-0.1, -0.05) is 53.5 Å². The van der Waals surface area contributed by atoms with Crippen molar-refractivity contribution in [1.82, 2.24) is 24.1 Å². The summed E-state index contributed by atoms with van der Waals surface area (Å²) >= 11 is 14.0. The predicted octanol–water partition coefficient (Wildman–Crippen LogP) is 4.71. The first kappa shape index (κ1) is 34.5. The van der Waals surface area contributed by atoms with E-state index in [1.807, 2.05) is 30.3 Å². The highest BCUT2D eigenvalue weighted by Gasteiger charge is 2.23. The number of ether oxygens (including phenoxy) is 2. The van der Waals surface area contributed by atoms with E-state index in [2.05, 4.69) is 21.4 Å². The molecule has 256 valence electrons. The lowest BCUT2D eigenvalue weighted by Crippen LogP contribution is -2.42. The Bertz CT molecular complexity index is 2180. The maximum Gasteiger partial charge on any atom is 0.332 e. The first-order chi connectivity index (χ1) is 23.5. The summed E-state index contributed by atoms with van der Waals surface area (Å²) in [6.07, 6.45) is 3.35. The molecule has 0 bridgehead atoms. The van der Waals surface area contributed by atoms with Gasteiger partial charge in [0.15, 0.2) is 5.65 Å². The molecule has 0 spiro atoms. The summed E-state index contributed by atoms with van der Waals surface area (Å²) < 4.78 is 12.9. The van der Waals surface area contributed by atoms with Crippen LogP contribution in [0.4, 0.5) is 11.5 Å². The quantitative estimate of drug-likeness (QED) is 0.234. The Hall–Kier alpha value is -4.33. The second-order valence-corrected chi connectivity index (χ2v) is 12.8. The molecule has 2 unspecified atom stereocenters. The van der Waals surface area contributed by atoms with Gasteiger partial charge in [0.2, 0.25) is 5.88 Å². The van der Waals surface area contributed by atoms with Crippen LogP contribution in [0.5, 0.6) is 5.88 Å². The molecule has 4 heterocycles. The fraction of sp³-hybridized carbons (Fsp3) is 0.343. The molecule has 0 amide bonds. The van der Waals surface area contributed by atoms with Crippen LogP contribution >= 0.6 is 23.2 Å². The highest BCUT2D eigenvalue weighted by atomic mass is 35.5. The van der Waals surface area contributed by atoms with E-state index in [0.717, 1.165) is 52.6 Å². The third kappa shape index (κ3) is 6.66. The molecule has 2 atom stereocenters. The van der Waals surface area contributed by atoms with E-state index < -0.39 is 17.4 Å². The minimum absolute atomic E-state index is 0.0660. The van der Waals surface area contributed by atoms with Crippen molar-refractivity contribution in [3.05, 3.63) is 90.3 Å². The normalized spacial score (nSPS) is 17.0. The summed E-state index contributed by atoms with van der Waals surface area (Å²) in [6.45, 7) is 2.79. The molecular formula is C35H37Cl2N7O5. The number of anilines is 2. The minimum Gasteiger partial charge on any atom is -0.481 e. The number of hydrogen-bond donors (Lipinski definition) is 3. The van der Waals surface area contributed by atoms with E-state index in [1.54, 1.807) is 27.1 Å². The summed E-state index contributed by atoms with van der Waals surface area (Å²) in [5.74, 6) is 1.28. The summed E-state index contributed by atoms with van der Waals surface area (Å²) in [5, 5.41) is 13.2. The molecule has 1 saturated heterocycles. The Morgan fingerprint density at radius 1 is 1.00 bits per heavy atom. The van der Waals surface area contributed by atoms with Crippen LogP contribution in [-0.2, 0) is 31.7 Å². The minimum atomic E-state index is -0.508. The highest BCUT2D eigenvalue weighted by molar-refractivity contribution is 6.39. The molecule has 14 heteroatoms. The number of pyridine rings is 1. The molecule has 1 aliphatic heterocycles. The molecule has 49 heavy (non-hydrogen) atoms. The maximum atomic E-state index is 13.1. The Morgan fingerprint density at radius 2 is 1.71 bits per heavy atom. The lowest BCUT2D eigenvalue weighted by atomic mass is 9.99. The number of nitrogens with zero attached hydrogens (tertiary/aromatic N) is 5. The van der Waals surface area contributed by atoms with Gasteiger partial charge in [-0.15, -0.1) is 0 Å². The molecule has 12 nitrogen and oxygen atoms in total. The first-order valence-electron chi connectivity index (χ1n) is 15.9. The SMILES string of the molecule is COc1nc(-c2cccc(-c3cccc(Nc4nc(C)nc5c4c(=O)n(C)c(=O)n5C)c3Cl)c2Cl)cc2c1CCC2.NC1CCOCC1O. The van der Waals surface area contributed by atoms with Gasteiger partial charge in [0.05, 0.1) is 41.2 Å². The molecular weight excluding hydrogens is 669 g/mol. The first-order valence-corrected chi connectivity index (χ1v) is 16.6. The largest absolute Gasteiger partial charge is 0.481 e. The van der Waals surface area contributed by atoms with E-state index in [0.29, 0.717) is 46.2 Å². The van der Waals surface area contributed by atoms with Crippen molar-refractivity contribution < 1.29 is 14.6 Å². The number of nitrogens with one attached hydrogen (secondary N) is 1. The van der Waals surface area contributed by atoms with Gasteiger partial charge in [-0.05, 0) is 50.3 Å².